The number of aromatic nitrogens is 1. The lowest BCUT2D eigenvalue weighted by Crippen LogP contribution is -2.34. The molecule has 0 bridgehead atoms. The molecule has 1 aromatic heterocycles. The van der Waals surface area contributed by atoms with E-state index in [2.05, 4.69) is 0 Å². The van der Waals surface area contributed by atoms with Crippen LogP contribution in [0.5, 0.6) is 5.75 Å². The number of carbonyl (C=O) groups excluding carboxylic acids is 2. The Balaban J connectivity index is 1.86. The number of carbonyl (C=O) groups is 2. The van der Waals surface area contributed by atoms with E-state index in [1.54, 1.807) is 43.5 Å². The van der Waals surface area contributed by atoms with Crippen molar-refractivity contribution in [3.8, 4) is 5.75 Å². The Labute approximate surface area is 163 Å². The molecule has 0 N–H and O–H groups in total. The van der Waals surface area contributed by atoms with Crippen LogP contribution in [0.3, 0.4) is 0 Å². The van der Waals surface area contributed by atoms with Gasteiger partial charge in [-0.15, -0.1) is 0 Å². The topological polar surface area (TPSA) is 70.3 Å². The lowest BCUT2D eigenvalue weighted by molar-refractivity contribution is -0.607. The first-order valence-electron chi connectivity index (χ1n) is 9.02. The summed E-state index contributed by atoms with van der Waals surface area (Å²) in [6, 6.07) is 21.0. The molecule has 1 atom stereocenters. The van der Waals surface area contributed by atoms with Crippen molar-refractivity contribution in [2.45, 2.75) is 18.8 Å². The van der Waals surface area contributed by atoms with Crippen LogP contribution >= 0.6 is 0 Å². The molecule has 0 spiro atoms. The van der Waals surface area contributed by atoms with Crippen LogP contribution < -0.4 is 9.47 Å². The second-order valence-corrected chi connectivity index (χ2v) is 6.50. The summed E-state index contributed by atoms with van der Waals surface area (Å²) in [6.07, 6.45) is 1.54. The first-order valence-corrected chi connectivity index (χ1v) is 9.02. The number of Topliss-reactive ketones (excluding diaryl/α,β-unsaturated/α-hetero) is 2. The first-order chi connectivity index (χ1) is 13.6. The number of rotatable bonds is 8. The molecular weight excluding hydrogens is 354 g/mol. The molecule has 0 radical (unpaired) electrons. The van der Waals surface area contributed by atoms with Crippen molar-refractivity contribution in [2.24, 2.45) is 0 Å². The van der Waals surface area contributed by atoms with Crippen molar-refractivity contribution in [1.82, 2.24) is 0 Å². The van der Waals surface area contributed by atoms with Crippen LogP contribution in [0.15, 0.2) is 79.0 Å². The molecule has 0 unspecified atom stereocenters. The van der Waals surface area contributed by atoms with Crippen LogP contribution in [0.25, 0.3) is 0 Å². The molecule has 5 heteroatoms. The molecule has 1 heterocycles. The van der Waals surface area contributed by atoms with Gasteiger partial charge >= 0.3 is 0 Å². The Hall–Kier alpha value is -3.47. The lowest BCUT2D eigenvalue weighted by atomic mass is 9.87. The van der Waals surface area contributed by atoms with Gasteiger partial charge in [0.05, 0.1) is 7.11 Å². The van der Waals surface area contributed by atoms with Gasteiger partial charge in [0, 0.05) is 30.5 Å². The van der Waals surface area contributed by atoms with Crippen molar-refractivity contribution in [3.63, 3.8) is 0 Å². The van der Waals surface area contributed by atoms with Gasteiger partial charge in [0.25, 0.3) is 5.69 Å². The summed E-state index contributed by atoms with van der Waals surface area (Å²) in [5.41, 5.74) is 1.53. The second kappa shape index (κ2) is 8.95. The predicted octanol–water partition coefficient (Wildman–Crippen LogP) is 3.96. The number of benzene rings is 2. The van der Waals surface area contributed by atoms with Gasteiger partial charge in [-0.1, -0.05) is 42.5 Å². The molecule has 3 rings (SSSR count). The number of pyridine rings is 1. The van der Waals surface area contributed by atoms with E-state index in [4.69, 9.17) is 4.74 Å². The third-order valence-corrected chi connectivity index (χ3v) is 4.66. The van der Waals surface area contributed by atoms with E-state index in [1.165, 1.54) is 12.3 Å². The SMILES string of the molecule is COc1ccc([C@H](CC(=O)c2ccccc2)CC(=O)c2cccc[n+]2[O-])cc1. The number of nitrogens with zero attached hydrogens (tertiary/aromatic N) is 1. The van der Waals surface area contributed by atoms with Gasteiger partial charge in [0.15, 0.2) is 12.0 Å². The minimum Gasteiger partial charge on any atom is -0.618 e. The molecule has 2 aromatic carbocycles. The summed E-state index contributed by atoms with van der Waals surface area (Å²) in [6.45, 7) is 0. The molecule has 0 fully saturated rings. The summed E-state index contributed by atoms with van der Waals surface area (Å²) >= 11 is 0. The van der Waals surface area contributed by atoms with E-state index in [0.717, 1.165) is 5.56 Å². The number of hydrogen-bond donors (Lipinski definition) is 0. The summed E-state index contributed by atoms with van der Waals surface area (Å²) in [5, 5.41) is 11.9. The maximum absolute atomic E-state index is 12.7. The molecule has 142 valence electrons. The van der Waals surface area contributed by atoms with Gasteiger partial charge < -0.3 is 9.94 Å². The first kappa shape index (κ1) is 19.3. The fraction of sp³-hybridized carbons (Fsp3) is 0.174. The molecule has 0 saturated heterocycles. The van der Waals surface area contributed by atoms with Crippen molar-refractivity contribution in [2.75, 3.05) is 7.11 Å². The maximum atomic E-state index is 12.7. The van der Waals surface area contributed by atoms with Crippen LogP contribution in [-0.2, 0) is 0 Å². The average molecular weight is 375 g/mol. The second-order valence-electron chi connectivity index (χ2n) is 6.50. The third-order valence-electron chi connectivity index (χ3n) is 4.66. The normalized spacial score (nSPS) is 11.6. The zero-order chi connectivity index (χ0) is 19.9. The fourth-order valence-corrected chi connectivity index (χ4v) is 3.12. The molecule has 0 aliphatic carbocycles. The Morgan fingerprint density at radius 1 is 0.893 bits per heavy atom. The zero-order valence-corrected chi connectivity index (χ0v) is 15.6. The molecule has 0 aliphatic heterocycles. The average Bonchev–Trinajstić information content (AvgIpc) is 2.74. The highest BCUT2D eigenvalue weighted by Crippen LogP contribution is 2.28. The smallest absolute Gasteiger partial charge is 0.259 e. The van der Waals surface area contributed by atoms with Gasteiger partial charge in [-0.3, -0.25) is 9.59 Å². The molecule has 3 aromatic rings. The fourth-order valence-electron chi connectivity index (χ4n) is 3.12. The molecule has 0 amide bonds. The molecule has 0 saturated carbocycles. The van der Waals surface area contributed by atoms with Crippen molar-refractivity contribution in [1.29, 1.82) is 0 Å². The summed E-state index contributed by atoms with van der Waals surface area (Å²) in [5.74, 6) is 0.0181. The van der Waals surface area contributed by atoms with Crippen molar-refractivity contribution in [3.05, 3.63) is 101 Å². The Morgan fingerprint density at radius 3 is 2.18 bits per heavy atom. The number of hydrogen-bond acceptors (Lipinski definition) is 4. The number of ketones is 2. The molecular formula is C23H21NO4. The molecule has 5 nitrogen and oxygen atoms in total. The van der Waals surface area contributed by atoms with E-state index >= 15 is 0 Å². The largest absolute Gasteiger partial charge is 0.618 e. The standard InChI is InChI=1S/C23H21NO4/c1-28-20-12-10-17(11-13-20)19(15-22(25)18-7-3-2-4-8-18)16-23(26)21-9-5-6-14-24(21)27/h2-14,19H,15-16H2,1H3/t19-/m1/s1. The van der Waals surface area contributed by atoms with Crippen molar-refractivity contribution >= 4 is 11.6 Å². The van der Waals surface area contributed by atoms with E-state index in [0.29, 0.717) is 16.0 Å². The van der Waals surface area contributed by atoms with Gasteiger partial charge in [0.1, 0.15) is 5.75 Å². The van der Waals surface area contributed by atoms with E-state index in [-0.39, 0.29) is 36.0 Å². The Morgan fingerprint density at radius 2 is 1.54 bits per heavy atom. The highest BCUT2D eigenvalue weighted by molar-refractivity contribution is 5.98. The minimum atomic E-state index is -0.341. The van der Waals surface area contributed by atoms with Crippen LogP contribution in [0, 0.1) is 5.21 Å². The summed E-state index contributed by atoms with van der Waals surface area (Å²) in [4.78, 5) is 25.5. The van der Waals surface area contributed by atoms with Crippen LogP contribution in [0.1, 0.15) is 45.2 Å². The van der Waals surface area contributed by atoms with Gasteiger partial charge in [0.2, 0.25) is 5.78 Å². The predicted molar refractivity (Wildman–Crippen MR) is 105 cm³/mol. The molecule has 0 aliphatic rings. The van der Waals surface area contributed by atoms with E-state index in [1.807, 2.05) is 30.3 Å². The summed E-state index contributed by atoms with van der Waals surface area (Å²) in [7, 11) is 1.58. The molecule has 28 heavy (non-hydrogen) atoms. The van der Waals surface area contributed by atoms with Crippen LogP contribution in [0.2, 0.25) is 0 Å². The van der Waals surface area contributed by atoms with E-state index < -0.39 is 0 Å². The monoisotopic (exact) mass is 375 g/mol. The van der Waals surface area contributed by atoms with Gasteiger partial charge in [-0.2, -0.15) is 4.73 Å². The van der Waals surface area contributed by atoms with Crippen molar-refractivity contribution < 1.29 is 19.1 Å². The quantitative estimate of drug-likeness (QED) is 0.339. The van der Waals surface area contributed by atoms with Crippen LogP contribution in [-0.4, -0.2) is 18.7 Å². The number of methoxy groups -OCH3 is 1. The Bertz CT molecular complexity index is 952. The zero-order valence-electron chi connectivity index (χ0n) is 15.6. The van der Waals surface area contributed by atoms with E-state index in [9.17, 15) is 14.8 Å². The third kappa shape index (κ3) is 4.62. The number of ether oxygens (including phenoxy) is 1. The Kier molecular flexibility index (Phi) is 6.17. The lowest BCUT2D eigenvalue weighted by Gasteiger charge is -2.16. The minimum absolute atomic E-state index is 0.0442. The summed E-state index contributed by atoms with van der Waals surface area (Å²) < 4.78 is 5.75. The van der Waals surface area contributed by atoms with Crippen LogP contribution in [0.4, 0.5) is 0 Å². The maximum Gasteiger partial charge on any atom is 0.259 e. The highest BCUT2D eigenvalue weighted by Gasteiger charge is 2.24. The highest BCUT2D eigenvalue weighted by atomic mass is 16.5. The van der Waals surface area contributed by atoms with Gasteiger partial charge in [-0.25, -0.2) is 0 Å². The van der Waals surface area contributed by atoms with Gasteiger partial charge in [-0.05, 0) is 29.7 Å².